The predicted octanol–water partition coefficient (Wildman–Crippen LogP) is 3.40. The Morgan fingerprint density at radius 2 is 1.87 bits per heavy atom. The zero-order chi connectivity index (χ0) is 19.8. The van der Waals surface area contributed by atoms with Crippen LogP contribution in [0.15, 0.2) is 58.5 Å². The van der Waals surface area contributed by atoms with Crippen LogP contribution in [0.3, 0.4) is 0 Å². The van der Waals surface area contributed by atoms with Crippen molar-refractivity contribution in [2.45, 2.75) is 12.8 Å². The summed E-state index contributed by atoms with van der Waals surface area (Å²) in [6.07, 6.45) is 2.37. The fourth-order valence-electron chi connectivity index (χ4n) is 2.70. The van der Waals surface area contributed by atoms with Crippen LogP contribution in [-0.2, 0) is 17.6 Å². The van der Waals surface area contributed by atoms with Gasteiger partial charge in [-0.15, -0.1) is 36.2 Å². The first-order valence-electron chi connectivity index (χ1n) is 8.96. The number of carbonyl (C=O) groups is 2. The molecule has 30 heavy (non-hydrogen) atoms. The average molecular weight is 471 g/mol. The van der Waals surface area contributed by atoms with Crippen LogP contribution >= 0.6 is 36.2 Å². The van der Waals surface area contributed by atoms with E-state index in [2.05, 4.69) is 10.3 Å². The summed E-state index contributed by atoms with van der Waals surface area (Å²) in [5, 5.41) is 4.87. The lowest BCUT2D eigenvalue weighted by Crippen LogP contribution is -2.37. The van der Waals surface area contributed by atoms with Crippen molar-refractivity contribution >= 4 is 53.1 Å². The summed E-state index contributed by atoms with van der Waals surface area (Å²) in [6, 6.07) is 13.2. The number of halogens is 2. The zero-order valence-corrected chi connectivity index (χ0v) is 18.6. The first-order valence-corrected chi connectivity index (χ1v) is 9.84. The molecule has 2 aromatic heterocycles. The van der Waals surface area contributed by atoms with Gasteiger partial charge in [-0.3, -0.25) is 14.9 Å². The Bertz CT molecular complexity index is 904. The molecule has 0 aliphatic rings. The van der Waals surface area contributed by atoms with E-state index in [1.54, 1.807) is 22.4 Å². The van der Waals surface area contributed by atoms with Gasteiger partial charge in [-0.05, 0) is 24.1 Å². The highest BCUT2D eigenvalue weighted by Crippen LogP contribution is 2.17. The molecule has 0 aliphatic heterocycles. The molecule has 0 bridgehead atoms. The van der Waals surface area contributed by atoms with Gasteiger partial charge >= 0.3 is 0 Å². The summed E-state index contributed by atoms with van der Waals surface area (Å²) < 4.78 is 5.05. The summed E-state index contributed by atoms with van der Waals surface area (Å²) in [6.45, 7) is 1.51. The summed E-state index contributed by atoms with van der Waals surface area (Å²) >= 11 is 1.27. The van der Waals surface area contributed by atoms with Gasteiger partial charge in [0.15, 0.2) is 10.9 Å². The van der Waals surface area contributed by atoms with E-state index in [4.69, 9.17) is 10.2 Å². The minimum Gasteiger partial charge on any atom is -0.459 e. The lowest BCUT2D eigenvalue weighted by molar-refractivity contribution is -0.130. The van der Waals surface area contributed by atoms with Gasteiger partial charge in [0.25, 0.3) is 5.91 Å². The number of nitrogens with one attached hydrogen (secondary N) is 1. The number of nitrogens with two attached hydrogens (primary N) is 1. The van der Waals surface area contributed by atoms with Gasteiger partial charge in [-0.2, -0.15) is 0 Å². The molecule has 0 fully saturated rings. The molecular formula is C20H24Cl2N4O3S. The van der Waals surface area contributed by atoms with Crippen LogP contribution in [0.4, 0.5) is 5.13 Å². The number of carbonyl (C=O) groups excluding carboxylic acids is 2. The van der Waals surface area contributed by atoms with Gasteiger partial charge in [-0.1, -0.05) is 30.3 Å². The van der Waals surface area contributed by atoms with E-state index in [9.17, 15) is 9.59 Å². The SMILES string of the molecule is Cl.Cl.NCCN(CCc1ccccc1)C(=O)Cc1csc(NC(=O)c2ccco2)n1. The van der Waals surface area contributed by atoms with E-state index in [0.29, 0.717) is 30.5 Å². The maximum absolute atomic E-state index is 12.7. The molecule has 162 valence electrons. The van der Waals surface area contributed by atoms with Gasteiger partial charge in [0.1, 0.15) is 0 Å². The van der Waals surface area contributed by atoms with Crippen LogP contribution in [0, 0.1) is 0 Å². The number of furan rings is 1. The number of amides is 2. The maximum atomic E-state index is 12.7. The van der Waals surface area contributed by atoms with E-state index in [0.717, 1.165) is 6.42 Å². The average Bonchev–Trinajstić information content (AvgIpc) is 3.38. The molecule has 3 N–H and O–H groups in total. The van der Waals surface area contributed by atoms with Gasteiger partial charge in [0.05, 0.1) is 18.4 Å². The second-order valence-electron chi connectivity index (χ2n) is 6.16. The number of anilines is 1. The standard InChI is InChI=1S/C20H22N4O3S.2ClH/c21-9-11-24(10-8-15-5-2-1-3-6-15)18(25)13-16-14-28-20(22-16)23-19(26)17-7-4-12-27-17;;/h1-7,12,14H,8-11,13,21H2,(H,22,23,26);2*1H. The van der Waals surface area contributed by atoms with Crippen LogP contribution in [0.2, 0.25) is 0 Å². The highest BCUT2D eigenvalue weighted by atomic mass is 35.5. The molecule has 0 aliphatic carbocycles. The van der Waals surface area contributed by atoms with E-state index >= 15 is 0 Å². The van der Waals surface area contributed by atoms with Gasteiger partial charge < -0.3 is 15.1 Å². The highest BCUT2D eigenvalue weighted by molar-refractivity contribution is 7.14. The second-order valence-corrected chi connectivity index (χ2v) is 7.02. The Morgan fingerprint density at radius 3 is 2.53 bits per heavy atom. The lowest BCUT2D eigenvalue weighted by Gasteiger charge is -2.21. The molecule has 0 saturated carbocycles. The van der Waals surface area contributed by atoms with E-state index in [1.807, 2.05) is 30.3 Å². The molecule has 0 spiro atoms. The highest BCUT2D eigenvalue weighted by Gasteiger charge is 2.16. The Labute approximate surface area is 191 Å². The first kappa shape index (κ1) is 25.6. The number of thiazole rings is 1. The van der Waals surface area contributed by atoms with Crippen LogP contribution in [0.1, 0.15) is 21.8 Å². The van der Waals surface area contributed by atoms with Crippen LogP contribution < -0.4 is 11.1 Å². The number of nitrogens with zero attached hydrogens (tertiary/aromatic N) is 2. The Kier molecular flexibility index (Phi) is 11.1. The monoisotopic (exact) mass is 470 g/mol. The number of hydrogen-bond donors (Lipinski definition) is 2. The summed E-state index contributed by atoms with van der Waals surface area (Å²) in [5.41, 5.74) is 7.46. The Morgan fingerprint density at radius 1 is 1.10 bits per heavy atom. The van der Waals surface area contributed by atoms with E-state index in [1.165, 1.54) is 23.2 Å². The first-order chi connectivity index (χ1) is 13.7. The minimum absolute atomic E-state index is 0. The minimum atomic E-state index is -0.371. The molecule has 2 heterocycles. The summed E-state index contributed by atoms with van der Waals surface area (Å²) in [4.78, 5) is 30.8. The molecule has 3 rings (SSSR count). The number of hydrogen-bond acceptors (Lipinski definition) is 6. The second kappa shape index (κ2) is 13.0. The normalized spacial score (nSPS) is 9.90. The summed E-state index contributed by atoms with van der Waals surface area (Å²) in [5.74, 6) is -0.191. The van der Waals surface area contributed by atoms with Gasteiger partial charge in [-0.25, -0.2) is 4.98 Å². The number of rotatable bonds is 9. The van der Waals surface area contributed by atoms with Crippen LogP contribution in [0.25, 0.3) is 0 Å². The zero-order valence-electron chi connectivity index (χ0n) is 16.2. The Hall–Kier alpha value is -2.39. The van der Waals surface area contributed by atoms with Crippen molar-refractivity contribution in [2.24, 2.45) is 5.73 Å². The largest absolute Gasteiger partial charge is 0.459 e. The van der Waals surface area contributed by atoms with Crippen LogP contribution in [0.5, 0.6) is 0 Å². The third kappa shape index (κ3) is 7.46. The molecule has 10 heteroatoms. The quantitative estimate of drug-likeness (QED) is 0.498. The number of aromatic nitrogens is 1. The third-order valence-electron chi connectivity index (χ3n) is 4.11. The van der Waals surface area contributed by atoms with Crippen molar-refractivity contribution in [1.82, 2.24) is 9.88 Å². The van der Waals surface area contributed by atoms with Crippen molar-refractivity contribution in [2.75, 3.05) is 25.0 Å². The van der Waals surface area contributed by atoms with Crippen molar-refractivity contribution in [3.63, 3.8) is 0 Å². The molecule has 3 aromatic rings. The predicted molar refractivity (Wildman–Crippen MR) is 123 cm³/mol. The molecular weight excluding hydrogens is 447 g/mol. The lowest BCUT2D eigenvalue weighted by atomic mass is 10.1. The van der Waals surface area contributed by atoms with Crippen LogP contribution in [-0.4, -0.2) is 41.3 Å². The molecule has 0 saturated heterocycles. The molecule has 0 unspecified atom stereocenters. The number of benzene rings is 1. The van der Waals surface area contributed by atoms with Gasteiger partial charge in [0.2, 0.25) is 5.91 Å². The van der Waals surface area contributed by atoms with Gasteiger partial charge in [0, 0.05) is 25.0 Å². The molecule has 7 nitrogen and oxygen atoms in total. The maximum Gasteiger partial charge on any atom is 0.293 e. The Balaban J connectivity index is 0.00000225. The van der Waals surface area contributed by atoms with E-state index < -0.39 is 0 Å². The molecule has 1 aromatic carbocycles. The fourth-order valence-corrected chi connectivity index (χ4v) is 3.41. The molecule has 2 amide bonds. The van der Waals surface area contributed by atoms with Crippen molar-refractivity contribution in [1.29, 1.82) is 0 Å². The molecule has 0 atom stereocenters. The fraction of sp³-hybridized carbons (Fsp3) is 0.250. The summed E-state index contributed by atoms with van der Waals surface area (Å²) in [7, 11) is 0. The van der Waals surface area contributed by atoms with Crippen molar-refractivity contribution in [3.8, 4) is 0 Å². The third-order valence-corrected chi connectivity index (χ3v) is 4.92. The smallest absolute Gasteiger partial charge is 0.293 e. The van der Waals surface area contributed by atoms with Crippen molar-refractivity contribution in [3.05, 3.63) is 71.1 Å². The van der Waals surface area contributed by atoms with E-state index in [-0.39, 0.29) is 48.8 Å². The van der Waals surface area contributed by atoms with Crippen molar-refractivity contribution < 1.29 is 14.0 Å². The topological polar surface area (TPSA) is 101 Å². The molecule has 0 radical (unpaired) electrons.